The molecule has 3 heteroatoms. The van der Waals surface area contributed by atoms with Gasteiger partial charge in [-0.15, -0.1) is 0 Å². The predicted octanol–water partition coefficient (Wildman–Crippen LogP) is 8.04. The van der Waals surface area contributed by atoms with Gasteiger partial charge in [-0.3, -0.25) is 0 Å². The van der Waals surface area contributed by atoms with Gasteiger partial charge in [0.05, 0.1) is 0 Å². The summed E-state index contributed by atoms with van der Waals surface area (Å²) in [7, 11) is 13.7. The van der Waals surface area contributed by atoms with Gasteiger partial charge in [0.1, 0.15) is 0 Å². The molecular weight excluding hydrogens is 586 g/mol. The molecule has 0 radical (unpaired) electrons. The van der Waals surface area contributed by atoms with Gasteiger partial charge in [0.2, 0.25) is 0 Å². The molecule has 0 saturated heterocycles. The van der Waals surface area contributed by atoms with Gasteiger partial charge in [0, 0.05) is 0 Å². The molecule has 0 nitrogen and oxygen atoms in total. The maximum atomic E-state index is 6.86. The topological polar surface area (TPSA) is 0 Å². The summed E-state index contributed by atoms with van der Waals surface area (Å²) in [6.45, 7) is 0. The third kappa shape index (κ3) is 3.37. The van der Waals surface area contributed by atoms with Gasteiger partial charge in [-0.1, -0.05) is 0 Å². The molecule has 4 aromatic carbocycles. The van der Waals surface area contributed by atoms with Crippen molar-refractivity contribution in [3.8, 4) is 22.3 Å². The van der Waals surface area contributed by atoms with Gasteiger partial charge >= 0.3 is 200 Å². The molecule has 1 atom stereocenters. The molecule has 0 spiro atoms. The van der Waals surface area contributed by atoms with Crippen LogP contribution in [-0.2, 0) is 38.3 Å². The third-order valence-corrected chi connectivity index (χ3v) is 15.0. The summed E-state index contributed by atoms with van der Waals surface area (Å²) in [4.78, 5) is 0. The molecule has 31 heavy (non-hydrogen) atoms. The van der Waals surface area contributed by atoms with Crippen molar-refractivity contribution in [2.75, 3.05) is 0 Å². The van der Waals surface area contributed by atoms with E-state index in [1.54, 1.807) is 0 Å². The summed E-state index contributed by atoms with van der Waals surface area (Å²) in [5.41, 5.74) is 14.0. The Morgan fingerprint density at radius 2 is 1.16 bits per heavy atom. The Balaban J connectivity index is 1.41. The van der Waals surface area contributed by atoms with E-state index in [0.717, 1.165) is 19.3 Å². The van der Waals surface area contributed by atoms with Crippen LogP contribution in [0.1, 0.15) is 37.1 Å². The molecule has 0 heterocycles. The van der Waals surface area contributed by atoms with Crippen LogP contribution in [0.15, 0.2) is 84.9 Å². The minimum atomic E-state index is -2.78. The second kappa shape index (κ2) is 8.03. The summed E-state index contributed by atoms with van der Waals surface area (Å²) in [5.74, 6) is 0. The van der Waals surface area contributed by atoms with Crippen molar-refractivity contribution in [2.24, 2.45) is 0 Å². The molecule has 6 rings (SSSR count). The summed E-state index contributed by atoms with van der Waals surface area (Å²) < 4.78 is 0.271. The van der Waals surface area contributed by atoms with E-state index in [2.05, 4.69) is 84.9 Å². The molecule has 2 aliphatic rings. The van der Waals surface area contributed by atoms with Crippen molar-refractivity contribution in [1.29, 1.82) is 0 Å². The van der Waals surface area contributed by atoms with Gasteiger partial charge in [0.25, 0.3) is 0 Å². The molecule has 0 aromatic heterocycles. The van der Waals surface area contributed by atoms with Crippen molar-refractivity contribution in [3.63, 3.8) is 0 Å². The van der Waals surface area contributed by atoms with Gasteiger partial charge in [0.15, 0.2) is 0 Å². The molecule has 0 bridgehead atoms. The van der Waals surface area contributed by atoms with Crippen molar-refractivity contribution in [1.82, 2.24) is 0 Å². The third-order valence-electron chi connectivity index (χ3n) is 6.90. The van der Waals surface area contributed by atoms with Gasteiger partial charge in [-0.2, -0.15) is 0 Å². The van der Waals surface area contributed by atoms with Crippen LogP contribution in [0.4, 0.5) is 0 Å². The van der Waals surface area contributed by atoms with Crippen LogP contribution in [0.2, 0.25) is 0 Å². The summed E-state index contributed by atoms with van der Waals surface area (Å²) in [5, 5.41) is 0. The Bertz CT molecular complexity index is 1310. The Kier molecular flexibility index (Phi) is 5.17. The van der Waals surface area contributed by atoms with Crippen LogP contribution < -0.4 is 0 Å². The Hall–Kier alpha value is -1.67. The fraction of sp³-hybridized carbons (Fsp3) is 0.143. The zero-order valence-electron chi connectivity index (χ0n) is 17.0. The number of fused-ring (bicyclic) bond motifs is 6. The van der Waals surface area contributed by atoms with E-state index in [1.807, 2.05) is 0 Å². The number of halogens is 2. The fourth-order valence-corrected chi connectivity index (χ4v) is 11.8. The van der Waals surface area contributed by atoms with Crippen LogP contribution in [0.5, 0.6) is 0 Å². The van der Waals surface area contributed by atoms with Crippen molar-refractivity contribution < 1.29 is 19.1 Å². The summed E-state index contributed by atoms with van der Waals surface area (Å²) in [6, 6.07) is 31.0. The molecule has 0 fully saturated rings. The molecule has 0 N–H and O–H groups in total. The predicted molar refractivity (Wildman–Crippen MR) is 128 cm³/mol. The molecule has 0 aliphatic heterocycles. The second-order valence-electron chi connectivity index (χ2n) is 8.53. The van der Waals surface area contributed by atoms with Crippen LogP contribution >= 0.6 is 17.2 Å². The first-order valence-corrected chi connectivity index (χ1v) is 21.8. The van der Waals surface area contributed by atoms with E-state index in [4.69, 9.17) is 17.2 Å². The monoisotopic (exact) mass is 607 g/mol. The molecule has 151 valence electrons. The van der Waals surface area contributed by atoms with Crippen LogP contribution in [-0.4, -0.2) is 0 Å². The van der Waals surface area contributed by atoms with Gasteiger partial charge < -0.3 is 0 Å². The Morgan fingerprint density at radius 3 is 1.84 bits per heavy atom. The normalized spacial score (nSPS) is 13.9. The quantitative estimate of drug-likeness (QED) is 0.178. The molecule has 1 unspecified atom stereocenters. The van der Waals surface area contributed by atoms with E-state index < -0.39 is 19.1 Å². The number of hydrogen-bond acceptors (Lipinski definition) is 0. The summed E-state index contributed by atoms with van der Waals surface area (Å²) >= 11 is -2.78. The first kappa shape index (κ1) is 20.0. The zero-order valence-corrected chi connectivity index (χ0v) is 22.1. The van der Waals surface area contributed by atoms with Crippen LogP contribution in [0.3, 0.4) is 0 Å². The zero-order chi connectivity index (χ0) is 20.9. The molecule has 0 saturated carbocycles. The van der Waals surface area contributed by atoms with Crippen molar-refractivity contribution >= 4 is 17.2 Å². The van der Waals surface area contributed by atoms with Crippen molar-refractivity contribution in [2.45, 2.75) is 22.9 Å². The van der Waals surface area contributed by atoms with Gasteiger partial charge in [-0.25, -0.2) is 0 Å². The standard InChI is InChI=1S/C28H21.2ClH.Hf/c1-3-11-23-21(7-1)17-27-19(9-5-13-25(23)27)15-16-20-10-6-14-26-24-12-4-2-8-22(24)18-28(20)26;;;/h1-15H,16-18H2;2*1H;/q;;;+2/p-2. The molecule has 4 aromatic rings. The van der Waals surface area contributed by atoms with E-state index >= 15 is 0 Å². The van der Waals surface area contributed by atoms with Crippen LogP contribution in [0, 0.1) is 0 Å². The number of benzene rings is 4. The first-order chi connectivity index (χ1) is 15.2. The molecule has 2 aliphatic carbocycles. The average Bonchev–Trinajstić information content (AvgIpc) is 3.36. The summed E-state index contributed by atoms with van der Waals surface area (Å²) in [6.07, 6.45) is 2.94. The van der Waals surface area contributed by atoms with Gasteiger partial charge in [-0.05, 0) is 0 Å². The van der Waals surface area contributed by atoms with E-state index in [-0.39, 0.29) is 3.67 Å². The number of rotatable bonds is 4. The van der Waals surface area contributed by atoms with E-state index in [0.29, 0.717) is 0 Å². The number of hydrogen-bond donors (Lipinski definition) is 0. The molecule has 0 amide bonds. The van der Waals surface area contributed by atoms with Crippen LogP contribution in [0.25, 0.3) is 22.3 Å². The van der Waals surface area contributed by atoms with E-state index in [9.17, 15) is 0 Å². The first-order valence-electron chi connectivity index (χ1n) is 10.8. The fourth-order valence-electron chi connectivity index (χ4n) is 5.45. The second-order valence-corrected chi connectivity index (χ2v) is 21.4. The molecular formula is C28H21Cl2Hf. The maximum absolute atomic E-state index is 6.86. The van der Waals surface area contributed by atoms with E-state index in [1.165, 1.54) is 55.6 Å². The minimum absolute atomic E-state index is 0.271. The average molecular weight is 607 g/mol. The Labute approximate surface area is 198 Å². The SMILES string of the molecule is [Cl][Hf]([Cl])[CH](Cc1cccc2c1Cc1ccccc1-2)c1cccc2c1Cc1ccccc1-2. The van der Waals surface area contributed by atoms with Crippen molar-refractivity contribution in [3.05, 3.63) is 118 Å². The Morgan fingerprint density at radius 1 is 0.613 bits per heavy atom.